The van der Waals surface area contributed by atoms with Crippen LogP contribution in [0.25, 0.3) is 0 Å². The highest BCUT2D eigenvalue weighted by Crippen LogP contribution is 2.22. The zero-order valence-corrected chi connectivity index (χ0v) is 17.8. The smallest absolute Gasteiger partial charge is 0.248 e. The number of aryl methyl sites for hydroxylation is 2. The van der Waals surface area contributed by atoms with Crippen molar-refractivity contribution >= 4 is 40.9 Å². The number of anilines is 4. The monoisotopic (exact) mass is 412 g/mol. The van der Waals surface area contributed by atoms with Gasteiger partial charge in [-0.2, -0.15) is 15.0 Å². The van der Waals surface area contributed by atoms with E-state index in [-0.39, 0.29) is 0 Å². The molecule has 0 unspecified atom stereocenters. The Hall–Kier alpha value is -2.68. The molecule has 1 aromatic heterocycles. The number of hydrazine groups is 1. The first kappa shape index (κ1) is 19.6. The number of nitrogens with zero attached hydrogens (tertiary/aromatic N) is 5. The summed E-state index contributed by atoms with van der Waals surface area (Å²) in [7, 11) is 0. The van der Waals surface area contributed by atoms with Gasteiger partial charge in [0, 0.05) is 31.9 Å². The van der Waals surface area contributed by atoms with E-state index in [1.54, 1.807) is 0 Å². The largest absolute Gasteiger partial charge is 0.341 e. The molecule has 0 spiro atoms. The Kier molecular flexibility index (Phi) is 5.94. The summed E-state index contributed by atoms with van der Waals surface area (Å²) in [6.45, 7) is 8.07. The second-order valence-corrected chi connectivity index (χ2v) is 8.08. The Labute approximate surface area is 177 Å². The minimum Gasteiger partial charge on any atom is -0.341 e. The van der Waals surface area contributed by atoms with E-state index in [2.05, 4.69) is 68.0 Å². The highest BCUT2D eigenvalue weighted by atomic mass is 32.1. The quantitative estimate of drug-likeness (QED) is 0.507. The molecule has 0 atom stereocenters. The summed E-state index contributed by atoms with van der Waals surface area (Å²) in [5, 5.41) is 3.69. The highest BCUT2D eigenvalue weighted by molar-refractivity contribution is 7.80. The van der Waals surface area contributed by atoms with Crippen LogP contribution in [0, 0.1) is 13.8 Å². The van der Waals surface area contributed by atoms with E-state index >= 15 is 0 Å². The van der Waals surface area contributed by atoms with Gasteiger partial charge in [0.25, 0.3) is 0 Å². The minimum atomic E-state index is 0.463. The van der Waals surface area contributed by atoms with E-state index < -0.39 is 0 Å². The van der Waals surface area contributed by atoms with Crippen molar-refractivity contribution in [2.45, 2.75) is 39.5 Å². The lowest BCUT2D eigenvalue weighted by atomic mass is 10.1. The summed E-state index contributed by atoms with van der Waals surface area (Å²) in [4.78, 5) is 18.4. The van der Waals surface area contributed by atoms with Gasteiger partial charge in [0.05, 0.1) is 0 Å². The van der Waals surface area contributed by atoms with Crippen LogP contribution < -0.4 is 26.0 Å². The number of hydrogen-bond acceptors (Lipinski definition) is 7. The Morgan fingerprint density at radius 3 is 2.07 bits per heavy atom. The van der Waals surface area contributed by atoms with Crippen LogP contribution in [0.15, 0.2) is 18.2 Å². The first-order valence-corrected chi connectivity index (χ1v) is 10.7. The van der Waals surface area contributed by atoms with Gasteiger partial charge in [0.2, 0.25) is 17.8 Å². The number of nitrogens with one attached hydrogen (secondary N) is 3. The molecule has 0 saturated carbocycles. The fraction of sp³-hybridized carbons (Fsp3) is 0.500. The van der Waals surface area contributed by atoms with Crippen LogP contribution in [0.5, 0.6) is 0 Å². The third-order valence-corrected chi connectivity index (χ3v) is 5.52. The highest BCUT2D eigenvalue weighted by Gasteiger charge is 2.21. The molecule has 1 aromatic carbocycles. The normalized spacial score (nSPS) is 16.2. The predicted octanol–water partition coefficient (Wildman–Crippen LogP) is 3.00. The SMILES string of the molecule is Cc1ccc(C)c(NC(=S)NNc2nc(N3CCCC3)nc(N3CCCC3)n2)c1. The Balaban J connectivity index is 1.46. The van der Waals surface area contributed by atoms with Crippen LogP contribution in [0.1, 0.15) is 36.8 Å². The topological polar surface area (TPSA) is 81.2 Å². The molecule has 2 aliphatic heterocycles. The summed E-state index contributed by atoms with van der Waals surface area (Å²) in [6.07, 6.45) is 4.70. The number of hydrogen-bond donors (Lipinski definition) is 3. The molecule has 2 aliphatic rings. The molecule has 9 heteroatoms. The lowest BCUT2D eigenvalue weighted by Gasteiger charge is -2.21. The first-order valence-electron chi connectivity index (χ1n) is 10.2. The van der Waals surface area contributed by atoms with Crippen molar-refractivity contribution in [1.82, 2.24) is 20.4 Å². The molecule has 2 fully saturated rings. The van der Waals surface area contributed by atoms with Crippen molar-refractivity contribution in [1.29, 1.82) is 0 Å². The molecule has 2 saturated heterocycles. The van der Waals surface area contributed by atoms with Gasteiger partial charge in [-0.3, -0.25) is 10.9 Å². The number of benzene rings is 1. The number of thiocarbonyl (C=S) groups is 1. The average Bonchev–Trinajstić information content (AvgIpc) is 3.43. The van der Waals surface area contributed by atoms with Crippen LogP contribution in [0.2, 0.25) is 0 Å². The third-order valence-electron chi connectivity index (χ3n) is 5.32. The molecule has 0 aliphatic carbocycles. The summed E-state index contributed by atoms with van der Waals surface area (Å²) in [6, 6.07) is 6.23. The zero-order chi connectivity index (χ0) is 20.2. The molecule has 4 rings (SSSR count). The molecule has 3 N–H and O–H groups in total. The second kappa shape index (κ2) is 8.77. The van der Waals surface area contributed by atoms with E-state index in [0.717, 1.165) is 49.3 Å². The third kappa shape index (κ3) is 4.84. The Morgan fingerprint density at radius 2 is 1.48 bits per heavy atom. The molecule has 3 heterocycles. The Bertz CT molecular complexity index is 841. The molecule has 8 nitrogen and oxygen atoms in total. The van der Waals surface area contributed by atoms with Crippen molar-refractivity contribution in [3.8, 4) is 0 Å². The lowest BCUT2D eigenvalue weighted by molar-refractivity contribution is 0.834. The van der Waals surface area contributed by atoms with E-state index in [9.17, 15) is 0 Å². The maximum absolute atomic E-state index is 5.44. The zero-order valence-electron chi connectivity index (χ0n) is 17.0. The number of aromatic nitrogens is 3. The second-order valence-electron chi connectivity index (χ2n) is 7.67. The summed E-state index contributed by atoms with van der Waals surface area (Å²) in [5.74, 6) is 1.95. The fourth-order valence-electron chi connectivity index (χ4n) is 3.66. The van der Waals surface area contributed by atoms with Gasteiger partial charge in [-0.05, 0) is 68.9 Å². The van der Waals surface area contributed by atoms with Crippen LogP contribution in [0.4, 0.5) is 23.5 Å². The summed E-state index contributed by atoms with van der Waals surface area (Å²) in [5.41, 5.74) is 9.36. The molecular weight excluding hydrogens is 384 g/mol. The molecule has 154 valence electrons. The van der Waals surface area contributed by atoms with Gasteiger partial charge in [-0.25, -0.2) is 0 Å². The molecule has 0 bridgehead atoms. The summed E-state index contributed by atoms with van der Waals surface area (Å²) < 4.78 is 0. The van der Waals surface area contributed by atoms with Gasteiger partial charge in [-0.1, -0.05) is 12.1 Å². The standard InChI is InChI=1S/C20H28N8S/c1-14-7-8-15(2)16(13-14)21-20(29)26-25-17-22-18(27-9-3-4-10-27)24-19(23-17)28-11-5-6-12-28/h7-8,13H,3-6,9-12H2,1-2H3,(H2,21,26,29)(H,22,23,24,25). The van der Waals surface area contributed by atoms with Crippen LogP contribution in [-0.2, 0) is 0 Å². The molecule has 0 amide bonds. The van der Waals surface area contributed by atoms with Crippen LogP contribution in [0.3, 0.4) is 0 Å². The van der Waals surface area contributed by atoms with Crippen LogP contribution in [-0.4, -0.2) is 46.2 Å². The average molecular weight is 413 g/mol. The van der Waals surface area contributed by atoms with Crippen LogP contribution >= 0.6 is 12.2 Å². The fourth-order valence-corrected chi connectivity index (χ4v) is 3.82. The minimum absolute atomic E-state index is 0.463. The predicted molar refractivity (Wildman–Crippen MR) is 122 cm³/mol. The first-order chi connectivity index (χ1) is 14.1. The van der Waals surface area contributed by atoms with Gasteiger partial charge in [-0.15, -0.1) is 0 Å². The maximum Gasteiger partial charge on any atom is 0.248 e. The van der Waals surface area contributed by atoms with E-state index in [1.807, 2.05) is 0 Å². The van der Waals surface area contributed by atoms with Crippen molar-refractivity contribution in [3.05, 3.63) is 29.3 Å². The van der Waals surface area contributed by atoms with Gasteiger partial charge in [0.15, 0.2) is 5.11 Å². The number of rotatable bonds is 5. The van der Waals surface area contributed by atoms with E-state index in [4.69, 9.17) is 17.2 Å². The van der Waals surface area contributed by atoms with Crippen molar-refractivity contribution < 1.29 is 0 Å². The molecule has 2 aromatic rings. The summed E-state index contributed by atoms with van der Waals surface area (Å²) >= 11 is 5.44. The molecule has 29 heavy (non-hydrogen) atoms. The lowest BCUT2D eigenvalue weighted by Crippen LogP contribution is -2.35. The van der Waals surface area contributed by atoms with Crippen molar-refractivity contribution in [2.75, 3.05) is 46.7 Å². The molecular formula is C20H28N8S. The van der Waals surface area contributed by atoms with Gasteiger partial charge < -0.3 is 15.1 Å². The van der Waals surface area contributed by atoms with Gasteiger partial charge in [0.1, 0.15) is 0 Å². The Morgan fingerprint density at radius 1 is 0.897 bits per heavy atom. The van der Waals surface area contributed by atoms with Gasteiger partial charge >= 0.3 is 0 Å². The maximum atomic E-state index is 5.44. The van der Waals surface area contributed by atoms with Crippen molar-refractivity contribution in [2.24, 2.45) is 0 Å². The van der Waals surface area contributed by atoms with Crippen molar-refractivity contribution in [3.63, 3.8) is 0 Å². The van der Waals surface area contributed by atoms with E-state index in [1.165, 1.54) is 31.2 Å². The van der Waals surface area contributed by atoms with E-state index in [0.29, 0.717) is 11.1 Å². The molecule has 0 radical (unpaired) electrons.